The fourth-order valence-electron chi connectivity index (χ4n) is 1.85. The zero-order valence-corrected chi connectivity index (χ0v) is 10.9. The van der Waals surface area contributed by atoms with Gasteiger partial charge < -0.3 is 15.3 Å². The summed E-state index contributed by atoms with van der Waals surface area (Å²) in [6, 6.07) is 4.83. The maximum Gasteiger partial charge on any atom is 0.316 e. The number of aryl methyl sites for hydroxylation is 1. The lowest BCUT2D eigenvalue weighted by atomic mass is 10.2. The summed E-state index contributed by atoms with van der Waals surface area (Å²) in [4.78, 5) is 10.6. The predicted octanol–water partition coefficient (Wildman–Crippen LogP) is 1.10. The quantitative estimate of drug-likeness (QED) is 0.410. The van der Waals surface area contributed by atoms with Crippen molar-refractivity contribution in [2.75, 3.05) is 10.7 Å². The summed E-state index contributed by atoms with van der Waals surface area (Å²) in [7, 11) is 0. The summed E-state index contributed by atoms with van der Waals surface area (Å²) in [5, 5.41) is 21.9. The third-order valence-corrected chi connectivity index (χ3v) is 2.85. The summed E-state index contributed by atoms with van der Waals surface area (Å²) in [6.07, 6.45) is 1.61. The number of rotatable bonds is 6. The Hall–Kier alpha value is -2.68. The molecule has 0 amide bonds. The third kappa shape index (κ3) is 2.67. The molecule has 0 aliphatic rings. The number of nitrogen functional groups attached to an aromatic ring is 1. The van der Waals surface area contributed by atoms with Gasteiger partial charge >= 0.3 is 5.69 Å². The predicted molar refractivity (Wildman–Crippen MR) is 73.9 cm³/mol. The Labute approximate surface area is 114 Å². The summed E-state index contributed by atoms with van der Waals surface area (Å²) in [5.74, 6) is 5.99. The zero-order valence-electron chi connectivity index (χ0n) is 10.9. The number of nitrogens with two attached hydrogens (primary N) is 1. The topological polar surface area (TPSA) is 124 Å². The van der Waals surface area contributed by atoms with Gasteiger partial charge in [-0.1, -0.05) is 6.07 Å². The molecular formula is C11H15N7O2. The van der Waals surface area contributed by atoms with E-state index in [2.05, 4.69) is 20.9 Å². The Morgan fingerprint density at radius 2 is 2.20 bits per heavy atom. The first-order chi connectivity index (χ1) is 9.67. The second kappa shape index (κ2) is 5.97. The molecule has 2 rings (SSSR count). The van der Waals surface area contributed by atoms with E-state index in [4.69, 9.17) is 5.84 Å². The second-order valence-corrected chi connectivity index (χ2v) is 3.99. The van der Waals surface area contributed by atoms with Gasteiger partial charge in [-0.05, 0) is 19.1 Å². The van der Waals surface area contributed by atoms with Gasteiger partial charge in [0, 0.05) is 6.54 Å². The van der Waals surface area contributed by atoms with Gasteiger partial charge in [-0.2, -0.15) is 0 Å². The van der Waals surface area contributed by atoms with E-state index in [-0.39, 0.29) is 11.4 Å². The number of nitro groups is 1. The van der Waals surface area contributed by atoms with E-state index in [9.17, 15) is 10.1 Å². The molecule has 0 aliphatic heterocycles. The van der Waals surface area contributed by atoms with Crippen molar-refractivity contribution in [3.05, 3.63) is 40.5 Å². The number of benzene rings is 1. The molecule has 0 fully saturated rings. The van der Waals surface area contributed by atoms with Gasteiger partial charge in [0.25, 0.3) is 0 Å². The monoisotopic (exact) mass is 277 g/mol. The fraction of sp³-hybridized carbons (Fsp3) is 0.273. The van der Waals surface area contributed by atoms with Crippen molar-refractivity contribution >= 4 is 17.1 Å². The lowest BCUT2D eigenvalue weighted by molar-refractivity contribution is -0.383. The number of nitro benzene ring substituents is 1. The van der Waals surface area contributed by atoms with E-state index in [1.807, 2.05) is 11.5 Å². The largest absolute Gasteiger partial charge is 0.372 e. The minimum Gasteiger partial charge on any atom is -0.372 e. The summed E-state index contributed by atoms with van der Waals surface area (Å²) in [5.41, 5.74) is 2.84. The number of hydrogen-bond acceptors (Lipinski definition) is 7. The SMILES string of the molecule is CCn1cnnc1CNc1cccc(NN)c1[N+](=O)[O-]. The van der Waals surface area contributed by atoms with Gasteiger partial charge in [0.15, 0.2) is 5.82 Å². The summed E-state index contributed by atoms with van der Waals surface area (Å²) < 4.78 is 1.85. The second-order valence-electron chi connectivity index (χ2n) is 3.99. The van der Waals surface area contributed by atoms with E-state index in [0.29, 0.717) is 18.1 Å². The van der Waals surface area contributed by atoms with E-state index >= 15 is 0 Å². The van der Waals surface area contributed by atoms with Crippen LogP contribution in [-0.2, 0) is 13.1 Å². The molecule has 0 radical (unpaired) electrons. The van der Waals surface area contributed by atoms with Crippen LogP contribution in [0.5, 0.6) is 0 Å². The van der Waals surface area contributed by atoms with Crippen LogP contribution in [0.25, 0.3) is 0 Å². The molecule has 106 valence electrons. The standard InChI is InChI=1S/C11H15N7O2/c1-2-17-7-14-16-10(17)6-13-8-4-3-5-9(15-12)11(8)18(19)20/h3-5,7,13,15H,2,6,12H2,1H3. The van der Waals surface area contributed by atoms with Crippen LogP contribution >= 0.6 is 0 Å². The molecule has 1 aromatic carbocycles. The van der Waals surface area contributed by atoms with Gasteiger partial charge in [-0.25, -0.2) is 0 Å². The Balaban J connectivity index is 2.23. The Morgan fingerprint density at radius 3 is 2.85 bits per heavy atom. The number of hydrazine groups is 1. The van der Waals surface area contributed by atoms with Crippen molar-refractivity contribution in [2.45, 2.75) is 20.0 Å². The zero-order chi connectivity index (χ0) is 14.5. The average Bonchev–Trinajstić information content (AvgIpc) is 2.91. The van der Waals surface area contributed by atoms with Crippen LogP contribution in [0.2, 0.25) is 0 Å². The Morgan fingerprint density at radius 1 is 1.45 bits per heavy atom. The van der Waals surface area contributed by atoms with Crippen molar-refractivity contribution in [2.24, 2.45) is 5.84 Å². The number of anilines is 2. The number of para-hydroxylation sites is 1. The van der Waals surface area contributed by atoms with E-state index in [1.54, 1.807) is 18.5 Å². The van der Waals surface area contributed by atoms with Crippen molar-refractivity contribution in [3.8, 4) is 0 Å². The minimum atomic E-state index is -0.484. The maximum absolute atomic E-state index is 11.1. The normalized spacial score (nSPS) is 10.3. The first-order valence-electron chi connectivity index (χ1n) is 6.02. The summed E-state index contributed by atoms with van der Waals surface area (Å²) >= 11 is 0. The number of nitrogens with zero attached hydrogens (tertiary/aromatic N) is 4. The number of hydrogen-bond donors (Lipinski definition) is 3. The average molecular weight is 277 g/mol. The van der Waals surface area contributed by atoms with E-state index in [0.717, 1.165) is 6.54 Å². The molecular weight excluding hydrogens is 262 g/mol. The molecule has 9 heteroatoms. The van der Waals surface area contributed by atoms with Crippen LogP contribution in [0.4, 0.5) is 17.1 Å². The first-order valence-corrected chi connectivity index (χ1v) is 6.02. The Bertz CT molecular complexity index is 611. The highest BCUT2D eigenvalue weighted by Crippen LogP contribution is 2.32. The fourth-order valence-corrected chi connectivity index (χ4v) is 1.85. The van der Waals surface area contributed by atoms with Gasteiger partial charge in [-0.15, -0.1) is 10.2 Å². The van der Waals surface area contributed by atoms with Crippen molar-refractivity contribution in [1.29, 1.82) is 0 Å². The molecule has 0 atom stereocenters. The van der Waals surface area contributed by atoms with Crippen LogP contribution < -0.4 is 16.6 Å². The lowest BCUT2D eigenvalue weighted by Crippen LogP contribution is -2.12. The molecule has 0 bridgehead atoms. The van der Waals surface area contributed by atoms with Gasteiger partial charge in [0.1, 0.15) is 17.7 Å². The van der Waals surface area contributed by atoms with Crippen molar-refractivity contribution in [3.63, 3.8) is 0 Å². The highest BCUT2D eigenvalue weighted by molar-refractivity contribution is 5.75. The molecule has 0 aliphatic carbocycles. The van der Waals surface area contributed by atoms with Crippen LogP contribution in [0.15, 0.2) is 24.5 Å². The smallest absolute Gasteiger partial charge is 0.316 e. The van der Waals surface area contributed by atoms with Crippen LogP contribution in [-0.4, -0.2) is 19.7 Å². The highest BCUT2D eigenvalue weighted by Gasteiger charge is 2.19. The molecule has 0 saturated heterocycles. The van der Waals surface area contributed by atoms with Crippen molar-refractivity contribution in [1.82, 2.24) is 14.8 Å². The minimum absolute atomic E-state index is 0.0995. The van der Waals surface area contributed by atoms with Gasteiger partial charge in [0.05, 0.1) is 11.5 Å². The summed E-state index contributed by atoms with van der Waals surface area (Å²) in [6.45, 7) is 3.04. The molecule has 0 spiro atoms. The van der Waals surface area contributed by atoms with Crippen LogP contribution in [0.3, 0.4) is 0 Å². The highest BCUT2D eigenvalue weighted by atomic mass is 16.6. The maximum atomic E-state index is 11.1. The van der Waals surface area contributed by atoms with Gasteiger partial charge in [-0.3, -0.25) is 16.0 Å². The molecule has 0 saturated carbocycles. The number of nitrogens with one attached hydrogen (secondary N) is 2. The molecule has 20 heavy (non-hydrogen) atoms. The molecule has 4 N–H and O–H groups in total. The molecule has 0 unspecified atom stereocenters. The van der Waals surface area contributed by atoms with Crippen LogP contribution in [0, 0.1) is 10.1 Å². The third-order valence-electron chi connectivity index (χ3n) is 2.85. The molecule has 9 nitrogen and oxygen atoms in total. The molecule has 1 heterocycles. The molecule has 1 aromatic heterocycles. The number of aromatic nitrogens is 3. The van der Waals surface area contributed by atoms with Gasteiger partial charge in [0.2, 0.25) is 0 Å². The first kappa shape index (κ1) is 13.7. The molecule has 2 aromatic rings. The van der Waals surface area contributed by atoms with Crippen LogP contribution in [0.1, 0.15) is 12.7 Å². The Kier molecular flexibility index (Phi) is 4.11. The lowest BCUT2D eigenvalue weighted by Gasteiger charge is -2.10. The van der Waals surface area contributed by atoms with Crippen molar-refractivity contribution < 1.29 is 4.92 Å². The van der Waals surface area contributed by atoms with E-state index < -0.39 is 4.92 Å². The van der Waals surface area contributed by atoms with E-state index in [1.165, 1.54) is 6.07 Å².